The van der Waals surface area contributed by atoms with Gasteiger partial charge in [-0.15, -0.1) is 0 Å². The predicted molar refractivity (Wildman–Crippen MR) is 105 cm³/mol. The van der Waals surface area contributed by atoms with Crippen molar-refractivity contribution in [2.45, 2.75) is 45.4 Å². The van der Waals surface area contributed by atoms with Crippen LogP contribution in [-0.4, -0.2) is 50.6 Å². The summed E-state index contributed by atoms with van der Waals surface area (Å²) >= 11 is 0. The monoisotopic (exact) mass is 376 g/mol. The number of nitrogens with one attached hydrogen (secondary N) is 1. The first-order valence-electron chi connectivity index (χ1n) is 9.85. The van der Waals surface area contributed by atoms with Crippen molar-refractivity contribution in [2.24, 2.45) is 5.92 Å². The molecule has 1 aromatic rings. The van der Waals surface area contributed by atoms with Crippen LogP contribution in [-0.2, 0) is 16.0 Å². The van der Waals surface area contributed by atoms with Crippen LogP contribution < -0.4 is 14.8 Å². The first-order valence-corrected chi connectivity index (χ1v) is 9.85. The molecule has 6 heteroatoms. The lowest BCUT2D eigenvalue weighted by molar-refractivity contribution is -0.135. The standard InChI is InChI=1S/C21H32N2O4/c1-4-5-12-22-21(25)17-7-6-13-23(15-17)20(24)11-8-16-14-18(26-2)9-10-19(16)27-3/h9-10,14,17H,4-8,11-13,15H2,1-3H3,(H,22,25). The van der Waals surface area contributed by atoms with Gasteiger partial charge < -0.3 is 19.7 Å². The second-order valence-electron chi connectivity index (χ2n) is 7.00. The number of likely N-dealkylation sites (tertiary alicyclic amines) is 1. The highest BCUT2D eigenvalue weighted by Gasteiger charge is 2.28. The number of aryl methyl sites for hydroxylation is 1. The molecule has 1 aliphatic rings. The van der Waals surface area contributed by atoms with Crippen LogP contribution in [0.15, 0.2) is 18.2 Å². The number of methoxy groups -OCH3 is 2. The molecule has 2 amide bonds. The van der Waals surface area contributed by atoms with Crippen LogP contribution >= 0.6 is 0 Å². The van der Waals surface area contributed by atoms with Crippen molar-refractivity contribution in [2.75, 3.05) is 33.9 Å². The van der Waals surface area contributed by atoms with E-state index in [1.165, 1.54) is 0 Å². The molecule has 1 aliphatic heterocycles. The van der Waals surface area contributed by atoms with Crippen LogP contribution in [0.3, 0.4) is 0 Å². The molecule has 0 bridgehead atoms. The Morgan fingerprint density at radius 1 is 1.26 bits per heavy atom. The van der Waals surface area contributed by atoms with Crippen LogP contribution in [0.5, 0.6) is 11.5 Å². The second-order valence-corrected chi connectivity index (χ2v) is 7.00. The molecule has 1 unspecified atom stereocenters. The highest BCUT2D eigenvalue weighted by atomic mass is 16.5. The Morgan fingerprint density at radius 2 is 2.07 bits per heavy atom. The number of unbranched alkanes of at least 4 members (excludes halogenated alkanes) is 1. The van der Waals surface area contributed by atoms with Gasteiger partial charge in [0, 0.05) is 26.1 Å². The summed E-state index contributed by atoms with van der Waals surface area (Å²) in [7, 11) is 3.25. The molecular formula is C21H32N2O4. The van der Waals surface area contributed by atoms with Crippen molar-refractivity contribution in [3.05, 3.63) is 23.8 Å². The van der Waals surface area contributed by atoms with Gasteiger partial charge in [-0.05, 0) is 49.4 Å². The maximum absolute atomic E-state index is 12.7. The van der Waals surface area contributed by atoms with E-state index in [1.54, 1.807) is 14.2 Å². The predicted octanol–water partition coefficient (Wildman–Crippen LogP) is 2.79. The second kappa shape index (κ2) is 10.8. The number of benzene rings is 1. The Morgan fingerprint density at radius 3 is 2.78 bits per heavy atom. The van der Waals surface area contributed by atoms with Crippen molar-refractivity contribution in [1.82, 2.24) is 10.2 Å². The maximum atomic E-state index is 12.7. The number of rotatable bonds is 9. The lowest BCUT2D eigenvalue weighted by Crippen LogP contribution is -2.45. The summed E-state index contributed by atoms with van der Waals surface area (Å²) in [5.41, 5.74) is 0.955. The molecule has 27 heavy (non-hydrogen) atoms. The molecule has 0 saturated carbocycles. The largest absolute Gasteiger partial charge is 0.497 e. The van der Waals surface area contributed by atoms with Gasteiger partial charge in [-0.3, -0.25) is 9.59 Å². The molecule has 1 atom stereocenters. The van der Waals surface area contributed by atoms with Crippen LogP contribution in [0.25, 0.3) is 0 Å². The number of hydrogen-bond donors (Lipinski definition) is 1. The molecule has 0 aromatic heterocycles. The quantitative estimate of drug-likeness (QED) is 0.673. The van der Waals surface area contributed by atoms with E-state index in [0.717, 1.165) is 55.8 Å². The Kier molecular flexibility index (Phi) is 8.43. The minimum absolute atomic E-state index is 0.0791. The minimum atomic E-state index is -0.0917. The third-order valence-electron chi connectivity index (χ3n) is 5.07. The number of hydrogen-bond acceptors (Lipinski definition) is 4. The lowest BCUT2D eigenvalue weighted by Gasteiger charge is -2.32. The minimum Gasteiger partial charge on any atom is -0.497 e. The van der Waals surface area contributed by atoms with Gasteiger partial charge in [0.25, 0.3) is 0 Å². The summed E-state index contributed by atoms with van der Waals surface area (Å²) in [5, 5.41) is 2.99. The molecule has 1 aromatic carbocycles. The van der Waals surface area contributed by atoms with Crippen LogP contribution in [0.2, 0.25) is 0 Å². The smallest absolute Gasteiger partial charge is 0.224 e. The summed E-state index contributed by atoms with van der Waals surface area (Å²) in [6, 6.07) is 5.61. The summed E-state index contributed by atoms with van der Waals surface area (Å²) < 4.78 is 10.6. The van der Waals surface area contributed by atoms with E-state index >= 15 is 0 Å². The molecule has 1 heterocycles. The summed E-state index contributed by atoms with van der Waals surface area (Å²) in [5.74, 6) is 1.59. The van der Waals surface area contributed by atoms with Gasteiger partial charge >= 0.3 is 0 Å². The topological polar surface area (TPSA) is 67.9 Å². The van der Waals surface area contributed by atoms with Crippen LogP contribution in [0.4, 0.5) is 0 Å². The summed E-state index contributed by atoms with van der Waals surface area (Å²) in [4.78, 5) is 26.8. The Balaban J connectivity index is 1.89. The fraction of sp³-hybridized carbons (Fsp3) is 0.619. The highest BCUT2D eigenvalue weighted by molar-refractivity contribution is 5.81. The molecule has 0 aliphatic carbocycles. The average molecular weight is 376 g/mol. The molecule has 150 valence electrons. The number of amides is 2. The van der Waals surface area contributed by atoms with E-state index in [9.17, 15) is 9.59 Å². The zero-order chi connectivity index (χ0) is 19.6. The van der Waals surface area contributed by atoms with Crippen molar-refractivity contribution in [3.8, 4) is 11.5 Å². The Labute approximate surface area is 162 Å². The fourth-order valence-electron chi connectivity index (χ4n) is 3.43. The molecular weight excluding hydrogens is 344 g/mol. The molecule has 2 rings (SSSR count). The van der Waals surface area contributed by atoms with Gasteiger partial charge in [0.05, 0.1) is 20.1 Å². The maximum Gasteiger partial charge on any atom is 0.224 e. The molecule has 1 fully saturated rings. The van der Waals surface area contributed by atoms with E-state index in [4.69, 9.17) is 9.47 Å². The van der Waals surface area contributed by atoms with Gasteiger partial charge in [-0.2, -0.15) is 0 Å². The third kappa shape index (κ3) is 6.15. The number of carbonyl (C=O) groups excluding carboxylic acids is 2. The van der Waals surface area contributed by atoms with E-state index in [-0.39, 0.29) is 17.7 Å². The molecule has 0 spiro atoms. The van der Waals surface area contributed by atoms with E-state index < -0.39 is 0 Å². The van der Waals surface area contributed by atoms with E-state index in [0.29, 0.717) is 19.4 Å². The molecule has 0 radical (unpaired) electrons. The molecule has 1 N–H and O–H groups in total. The number of ether oxygens (including phenoxy) is 2. The van der Waals surface area contributed by atoms with Crippen LogP contribution in [0.1, 0.15) is 44.6 Å². The number of carbonyl (C=O) groups is 2. The SMILES string of the molecule is CCCCNC(=O)C1CCCN(C(=O)CCc2cc(OC)ccc2OC)C1. The van der Waals surface area contributed by atoms with Crippen molar-refractivity contribution in [3.63, 3.8) is 0 Å². The van der Waals surface area contributed by atoms with Gasteiger partial charge in [-0.1, -0.05) is 13.3 Å². The summed E-state index contributed by atoms with van der Waals surface area (Å²) in [6.07, 6.45) is 4.76. The van der Waals surface area contributed by atoms with Crippen molar-refractivity contribution in [1.29, 1.82) is 0 Å². The Hall–Kier alpha value is -2.24. The van der Waals surface area contributed by atoms with Crippen LogP contribution in [0, 0.1) is 5.92 Å². The number of piperidine rings is 1. The van der Waals surface area contributed by atoms with Gasteiger partial charge in [0.1, 0.15) is 11.5 Å². The van der Waals surface area contributed by atoms with Crippen molar-refractivity contribution >= 4 is 11.8 Å². The van der Waals surface area contributed by atoms with Gasteiger partial charge in [0.2, 0.25) is 11.8 Å². The normalized spacial score (nSPS) is 16.7. The average Bonchev–Trinajstić information content (AvgIpc) is 2.71. The number of nitrogens with zero attached hydrogens (tertiary/aromatic N) is 1. The Bertz CT molecular complexity index is 633. The first-order chi connectivity index (χ1) is 13.1. The molecule has 6 nitrogen and oxygen atoms in total. The zero-order valence-electron chi connectivity index (χ0n) is 16.8. The summed E-state index contributed by atoms with van der Waals surface area (Å²) in [6.45, 7) is 4.07. The first kappa shape index (κ1) is 21.1. The van der Waals surface area contributed by atoms with Crippen molar-refractivity contribution < 1.29 is 19.1 Å². The van der Waals surface area contributed by atoms with Gasteiger partial charge in [-0.25, -0.2) is 0 Å². The van der Waals surface area contributed by atoms with Gasteiger partial charge in [0.15, 0.2) is 0 Å². The molecule has 1 saturated heterocycles. The lowest BCUT2D eigenvalue weighted by atomic mass is 9.96. The highest BCUT2D eigenvalue weighted by Crippen LogP contribution is 2.26. The third-order valence-corrected chi connectivity index (χ3v) is 5.07. The van der Waals surface area contributed by atoms with E-state index in [1.807, 2.05) is 23.1 Å². The fourth-order valence-corrected chi connectivity index (χ4v) is 3.43. The zero-order valence-corrected chi connectivity index (χ0v) is 16.8. The van der Waals surface area contributed by atoms with E-state index in [2.05, 4.69) is 12.2 Å².